The SMILES string of the molecule is CCCC(C)c1cccc(NC(=O)CC#N)c1. The van der Waals surface area contributed by atoms with Gasteiger partial charge in [0.1, 0.15) is 6.42 Å². The zero-order valence-corrected chi connectivity index (χ0v) is 10.4. The zero-order valence-electron chi connectivity index (χ0n) is 10.4. The molecular formula is C14H18N2O. The lowest BCUT2D eigenvalue weighted by atomic mass is 9.96. The predicted molar refractivity (Wildman–Crippen MR) is 68.6 cm³/mol. The van der Waals surface area contributed by atoms with Crippen LogP contribution in [0.4, 0.5) is 5.69 Å². The van der Waals surface area contributed by atoms with Crippen LogP contribution in [0.1, 0.15) is 44.6 Å². The van der Waals surface area contributed by atoms with E-state index in [0.29, 0.717) is 5.92 Å². The van der Waals surface area contributed by atoms with Crippen LogP contribution in [0.25, 0.3) is 0 Å². The van der Waals surface area contributed by atoms with Crippen molar-refractivity contribution in [3.8, 4) is 6.07 Å². The molecule has 0 spiro atoms. The first-order valence-corrected chi connectivity index (χ1v) is 5.94. The molecule has 1 unspecified atom stereocenters. The summed E-state index contributed by atoms with van der Waals surface area (Å²) < 4.78 is 0. The molecule has 1 atom stereocenters. The normalized spacial score (nSPS) is 11.6. The summed E-state index contributed by atoms with van der Waals surface area (Å²) in [7, 11) is 0. The number of nitriles is 1. The number of rotatable bonds is 5. The van der Waals surface area contributed by atoms with Crippen molar-refractivity contribution in [1.29, 1.82) is 5.26 Å². The number of benzene rings is 1. The lowest BCUT2D eigenvalue weighted by Gasteiger charge is -2.12. The maximum atomic E-state index is 11.3. The zero-order chi connectivity index (χ0) is 12.7. The smallest absolute Gasteiger partial charge is 0.238 e. The van der Waals surface area contributed by atoms with Crippen LogP contribution in [0.2, 0.25) is 0 Å². The van der Waals surface area contributed by atoms with Gasteiger partial charge in [-0.15, -0.1) is 0 Å². The van der Waals surface area contributed by atoms with Crippen LogP contribution in [-0.4, -0.2) is 5.91 Å². The Kier molecular flexibility index (Phi) is 5.22. The highest BCUT2D eigenvalue weighted by molar-refractivity contribution is 5.92. The van der Waals surface area contributed by atoms with Crippen molar-refractivity contribution in [2.45, 2.75) is 39.0 Å². The highest BCUT2D eigenvalue weighted by atomic mass is 16.1. The first-order chi connectivity index (χ1) is 8.17. The van der Waals surface area contributed by atoms with Gasteiger partial charge in [0.15, 0.2) is 0 Å². The summed E-state index contributed by atoms with van der Waals surface area (Å²) in [6, 6.07) is 9.66. The van der Waals surface area contributed by atoms with E-state index in [1.165, 1.54) is 5.56 Å². The molecule has 90 valence electrons. The van der Waals surface area contributed by atoms with E-state index in [0.717, 1.165) is 18.5 Å². The molecule has 0 aliphatic heterocycles. The number of amides is 1. The average Bonchev–Trinajstić information content (AvgIpc) is 2.30. The molecule has 1 rings (SSSR count). The minimum absolute atomic E-state index is 0.102. The first kappa shape index (κ1) is 13.2. The summed E-state index contributed by atoms with van der Waals surface area (Å²) in [5.74, 6) is 0.237. The highest BCUT2D eigenvalue weighted by Gasteiger charge is 2.06. The minimum atomic E-state index is -0.257. The Morgan fingerprint density at radius 2 is 2.29 bits per heavy atom. The van der Waals surface area contributed by atoms with Gasteiger partial charge in [0.2, 0.25) is 5.91 Å². The molecule has 1 N–H and O–H groups in total. The summed E-state index contributed by atoms with van der Waals surface area (Å²) in [4.78, 5) is 11.3. The number of anilines is 1. The van der Waals surface area contributed by atoms with Crippen molar-refractivity contribution in [2.75, 3.05) is 5.32 Å². The van der Waals surface area contributed by atoms with Gasteiger partial charge in [-0.1, -0.05) is 32.4 Å². The summed E-state index contributed by atoms with van der Waals surface area (Å²) in [5.41, 5.74) is 1.99. The molecule has 1 aromatic carbocycles. The average molecular weight is 230 g/mol. The van der Waals surface area contributed by atoms with Gasteiger partial charge in [-0.25, -0.2) is 0 Å². The van der Waals surface area contributed by atoms with Crippen molar-refractivity contribution in [2.24, 2.45) is 0 Å². The number of carbonyl (C=O) groups excluding carboxylic acids is 1. The second-order valence-electron chi connectivity index (χ2n) is 4.20. The van der Waals surface area contributed by atoms with Gasteiger partial charge in [-0.3, -0.25) is 4.79 Å². The highest BCUT2D eigenvalue weighted by Crippen LogP contribution is 2.23. The molecule has 0 saturated carbocycles. The second-order valence-corrected chi connectivity index (χ2v) is 4.20. The molecule has 0 radical (unpaired) electrons. The molecular weight excluding hydrogens is 212 g/mol. The fourth-order valence-corrected chi connectivity index (χ4v) is 1.80. The van der Waals surface area contributed by atoms with E-state index in [1.807, 2.05) is 24.3 Å². The molecule has 3 heteroatoms. The van der Waals surface area contributed by atoms with Crippen molar-refractivity contribution in [3.05, 3.63) is 29.8 Å². The number of hydrogen-bond donors (Lipinski definition) is 1. The van der Waals surface area contributed by atoms with Crippen molar-refractivity contribution < 1.29 is 4.79 Å². The van der Waals surface area contributed by atoms with Gasteiger partial charge in [0.25, 0.3) is 0 Å². The van der Waals surface area contributed by atoms with E-state index in [-0.39, 0.29) is 12.3 Å². The minimum Gasteiger partial charge on any atom is -0.325 e. The van der Waals surface area contributed by atoms with E-state index >= 15 is 0 Å². The molecule has 1 aromatic rings. The molecule has 0 bridgehead atoms. The van der Waals surface area contributed by atoms with E-state index in [9.17, 15) is 4.79 Å². The molecule has 3 nitrogen and oxygen atoms in total. The van der Waals surface area contributed by atoms with Crippen molar-refractivity contribution in [3.63, 3.8) is 0 Å². The molecule has 0 fully saturated rings. The second kappa shape index (κ2) is 6.70. The monoisotopic (exact) mass is 230 g/mol. The van der Waals surface area contributed by atoms with Crippen LogP contribution in [0.5, 0.6) is 0 Å². The van der Waals surface area contributed by atoms with E-state index in [1.54, 1.807) is 0 Å². The van der Waals surface area contributed by atoms with Crippen molar-refractivity contribution in [1.82, 2.24) is 0 Å². The Morgan fingerprint density at radius 1 is 1.53 bits per heavy atom. The summed E-state index contributed by atoms with van der Waals surface area (Å²) in [6.45, 7) is 4.34. The van der Waals surface area contributed by atoms with Crippen LogP contribution in [-0.2, 0) is 4.79 Å². The Morgan fingerprint density at radius 3 is 2.94 bits per heavy atom. The topological polar surface area (TPSA) is 52.9 Å². The van der Waals surface area contributed by atoms with Crippen LogP contribution in [0.3, 0.4) is 0 Å². The Labute approximate surface area is 102 Å². The van der Waals surface area contributed by atoms with Gasteiger partial charge < -0.3 is 5.32 Å². The Balaban J connectivity index is 2.72. The van der Waals surface area contributed by atoms with Crippen LogP contribution in [0.15, 0.2) is 24.3 Å². The predicted octanol–water partition coefficient (Wildman–Crippen LogP) is 3.44. The fourth-order valence-electron chi connectivity index (χ4n) is 1.80. The molecule has 0 aliphatic carbocycles. The van der Waals surface area contributed by atoms with Gasteiger partial charge >= 0.3 is 0 Å². The molecule has 0 aromatic heterocycles. The molecule has 1 amide bonds. The third kappa shape index (κ3) is 4.28. The standard InChI is InChI=1S/C14H18N2O/c1-3-5-11(2)12-6-4-7-13(10-12)16-14(17)8-9-15/h4,6-7,10-11H,3,5,8H2,1-2H3,(H,16,17). The Bertz CT molecular complexity index is 420. The van der Waals surface area contributed by atoms with Gasteiger partial charge in [0.05, 0.1) is 6.07 Å². The molecule has 0 saturated heterocycles. The van der Waals surface area contributed by atoms with Crippen LogP contribution < -0.4 is 5.32 Å². The van der Waals surface area contributed by atoms with Gasteiger partial charge in [-0.2, -0.15) is 5.26 Å². The third-order valence-corrected chi connectivity index (χ3v) is 2.70. The molecule has 17 heavy (non-hydrogen) atoms. The number of nitrogens with one attached hydrogen (secondary N) is 1. The van der Waals surface area contributed by atoms with Crippen LogP contribution in [0, 0.1) is 11.3 Å². The lowest BCUT2D eigenvalue weighted by Crippen LogP contribution is -2.10. The molecule has 0 heterocycles. The Hall–Kier alpha value is -1.82. The quantitative estimate of drug-likeness (QED) is 0.842. The van der Waals surface area contributed by atoms with E-state index in [2.05, 4.69) is 25.2 Å². The maximum Gasteiger partial charge on any atom is 0.238 e. The number of carbonyl (C=O) groups is 1. The lowest BCUT2D eigenvalue weighted by molar-refractivity contribution is -0.115. The molecule has 0 aliphatic rings. The maximum absolute atomic E-state index is 11.3. The third-order valence-electron chi connectivity index (χ3n) is 2.70. The van der Waals surface area contributed by atoms with Gasteiger partial charge in [0, 0.05) is 5.69 Å². The summed E-state index contributed by atoms with van der Waals surface area (Å²) in [6.07, 6.45) is 2.18. The fraction of sp³-hybridized carbons (Fsp3) is 0.429. The van der Waals surface area contributed by atoms with Crippen LogP contribution >= 0.6 is 0 Å². The largest absolute Gasteiger partial charge is 0.325 e. The number of nitrogens with zero attached hydrogens (tertiary/aromatic N) is 1. The van der Waals surface area contributed by atoms with E-state index in [4.69, 9.17) is 5.26 Å². The summed E-state index contributed by atoms with van der Waals surface area (Å²) >= 11 is 0. The van der Waals surface area contributed by atoms with Gasteiger partial charge in [-0.05, 0) is 30.0 Å². The van der Waals surface area contributed by atoms with E-state index < -0.39 is 0 Å². The summed E-state index contributed by atoms with van der Waals surface area (Å²) in [5, 5.41) is 11.1. The van der Waals surface area contributed by atoms with Crippen molar-refractivity contribution >= 4 is 11.6 Å². The first-order valence-electron chi connectivity index (χ1n) is 5.94. The number of hydrogen-bond acceptors (Lipinski definition) is 2.